The van der Waals surface area contributed by atoms with Gasteiger partial charge in [0.25, 0.3) is 0 Å². The highest BCUT2D eigenvalue weighted by Crippen LogP contribution is 2.61. The Kier molecular flexibility index (Phi) is 3.88. The molecular weight excluding hydrogens is 332 g/mol. The first kappa shape index (κ1) is 16.2. The molecule has 5 fully saturated rings. The lowest BCUT2D eigenvalue weighted by atomic mass is 9.48. The highest BCUT2D eigenvalue weighted by molar-refractivity contribution is 7.99. The van der Waals surface area contributed by atoms with E-state index in [0.717, 1.165) is 22.9 Å². The van der Waals surface area contributed by atoms with Gasteiger partial charge in [-0.2, -0.15) is 0 Å². The molecule has 0 radical (unpaired) electrons. The van der Waals surface area contributed by atoms with Crippen molar-refractivity contribution in [3.63, 3.8) is 0 Å². The maximum Gasteiger partial charge on any atom is 0.230 e. The predicted molar refractivity (Wildman–Crippen MR) is 97.2 cm³/mol. The Labute approximate surface area is 153 Å². The van der Waals surface area contributed by atoms with Gasteiger partial charge in [0, 0.05) is 12.1 Å². The molecule has 4 bridgehead atoms. The molecule has 1 aromatic heterocycles. The first-order valence-electron chi connectivity index (χ1n) is 9.93. The van der Waals surface area contributed by atoms with Crippen molar-refractivity contribution in [2.45, 2.75) is 75.5 Å². The molecule has 0 spiro atoms. The van der Waals surface area contributed by atoms with E-state index in [9.17, 15) is 4.79 Å². The van der Waals surface area contributed by atoms with Crippen molar-refractivity contribution >= 4 is 17.7 Å². The Morgan fingerprint density at radius 1 is 1.28 bits per heavy atom. The SMILES string of the molecule is C[C@@H](NC(=O)CSc1nncn1C1CC1)C12CC3CC(CC(C3)C1)C2. The minimum Gasteiger partial charge on any atom is -0.352 e. The third kappa shape index (κ3) is 3.00. The van der Waals surface area contributed by atoms with Crippen LogP contribution >= 0.6 is 11.8 Å². The van der Waals surface area contributed by atoms with Crippen LogP contribution < -0.4 is 5.32 Å². The zero-order chi connectivity index (χ0) is 17.0. The second-order valence-corrected chi connectivity index (χ2v) is 10.1. The molecule has 25 heavy (non-hydrogen) atoms. The molecule has 6 rings (SSSR count). The normalized spacial score (nSPS) is 37.2. The summed E-state index contributed by atoms with van der Waals surface area (Å²) in [6.45, 7) is 2.25. The van der Waals surface area contributed by atoms with Crippen molar-refractivity contribution in [1.29, 1.82) is 0 Å². The summed E-state index contributed by atoms with van der Waals surface area (Å²) in [5, 5.41) is 12.4. The van der Waals surface area contributed by atoms with E-state index in [-0.39, 0.29) is 5.91 Å². The molecule has 5 aliphatic rings. The van der Waals surface area contributed by atoms with Gasteiger partial charge >= 0.3 is 0 Å². The quantitative estimate of drug-likeness (QED) is 0.790. The summed E-state index contributed by atoms with van der Waals surface area (Å²) >= 11 is 1.53. The molecule has 5 aliphatic carbocycles. The Morgan fingerprint density at radius 3 is 2.52 bits per heavy atom. The maximum atomic E-state index is 12.5. The molecule has 5 nitrogen and oxygen atoms in total. The fourth-order valence-electron chi connectivity index (χ4n) is 6.21. The molecule has 0 aliphatic heterocycles. The fraction of sp³-hybridized carbons (Fsp3) is 0.842. The zero-order valence-electron chi connectivity index (χ0n) is 15.0. The third-order valence-electron chi connectivity index (χ3n) is 7.19. The number of nitrogens with one attached hydrogen (secondary N) is 1. The number of hydrogen-bond donors (Lipinski definition) is 1. The summed E-state index contributed by atoms with van der Waals surface area (Å²) in [5.41, 5.74) is 0.378. The van der Waals surface area contributed by atoms with Crippen LogP contribution in [0.2, 0.25) is 0 Å². The minimum absolute atomic E-state index is 0.151. The van der Waals surface area contributed by atoms with Gasteiger partial charge in [-0.1, -0.05) is 11.8 Å². The standard InChI is InChI=1S/C19H28N4OS/c1-12(19-7-13-4-14(8-19)6-15(5-13)9-19)21-17(24)10-25-18-22-20-11-23(18)16-2-3-16/h11-16H,2-10H2,1H3,(H,21,24)/t12-,13?,14?,15?,19?/m1/s1. The van der Waals surface area contributed by atoms with E-state index in [1.165, 1.54) is 63.1 Å². The van der Waals surface area contributed by atoms with Gasteiger partial charge in [0.1, 0.15) is 6.33 Å². The molecule has 1 amide bonds. The second-order valence-electron chi connectivity index (χ2n) is 9.11. The number of rotatable bonds is 6. The molecule has 0 unspecified atom stereocenters. The molecular formula is C19H28N4OS. The molecule has 1 atom stereocenters. The van der Waals surface area contributed by atoms with E-state index in [1.54, 1.807) is 6.33 Å². The minimum atomic E-state index is 0.151. The Bertz CT molecular complexity index is 633. The topological polar surface area (TPSA) is 59.8 Å². The van der Waals surface area contributed by atoms with Crippen LogP contribution in [0.5, 0.6) is 0 Å². The summed E-state index contributed by atoms with van der Waals surface area (Å²) in [7, 11) is 0. The van der Waals surface area contributed by atoms with Crippen molar-refractivity contribution in [2.24, 2.45) is 23.2 Å². The molecule has 1 heterocycles. The number of carbonyl (C=O) groups is 1. The van der Waals surface area contributed by atoms with E-state index in [0.29, 0.717) is 23.3 Å². The summed E-state index contributed by atoms with van der Waals surface area (Å²) < 4.78 is 2.13. The summed E-state index contributed by atoms with van der Waals surface area (Å²) in [5.74, 6) is 3.38. The van der Waals surface area contributed by atoms with Gasteiger partial charge in [0.15, 0.2) is 5.16 Å². The van der Waals surface area contributed by atoms with Crippen molar-refractivity contribution < 1.29 is 4.79 Å². The lowest BCUT2D eigenvalue weighted by Gasteiger charge is -2.59. The Hall–Kier alpha value is -1.04. The van der Waals surface area contributed by atoms with Gasteiger partial charge in [0.05, 0.1) is 5.75 Å². The van der Waals surface area contributed by atoms with Gasteiger partial charge in [-0.25, -0.2) is 0 Å². The highest BCUT2D eigenvalue weighted by atomic mass is 32.2. The van der Waals surface area contributed by atoms with Crippen LogP contribution in [0, 0.1) is 23.2 Å². The first-order chi connectivity index (χ1) is 12.1. The van der Waals surface area contributed by atoms with E-state index < -0.39 is 0 Å². The number of carbonyl (C=O) groups excluding carboxylic acids is 1. The van der Waals surface area contributed by atoms with Crippen molar-refractivity contribution in [3.05, 3.63) is 6.33 Å². The number of amides is 1. The van der Waals surface area contributed by atoms with Gasteiger partial charge in [-0.05, 0) is 81.5 Å². The van der Waals surface area contributed by atoms with E-state index in [2.05, 4.69) is 27.0 Å². The van der Waals surface area contributed by atoms with Crippen LogP contribution in [0.4, 0.5) is 0 Å². The van der Waals surface area contributed by atoms with E-state index in [1.807, 2.05) is 0 Å². The summed E-state index contributed by atoms with van der Waals surface area (Å²) in [6.07, 6.45) is 12.6. The van der Waals surface area contributed by atoms with E-state index in [4.69, 9.17) is 0 Å². The van der Waals surface area contributed by atoms with Crippen LogP contribution in [0.1, 0.15) is 64.3 Å². The molecule has 0 saturated heterocycles. The zero-order valence-corrected chi connectivity index (χ0v) is 15.8. The van der Waals surface area contributed by atoms with Crippen molar-refractivity contribution in [3.8, 4) is 0 Å². The van der Waals surface area contributed by atoms with Crippen LogP contribution in [-0.2, 0) is 4.79 Å². The van der Waals surface area contributed by atoms with Crippen molar-refractivity contribution in [2.75, 3.05) is 5.75 Å². The lowest BCUT2D eigenvalue weighted by molar-refractivity contribution is -0.123. The van der Waals surface area contributed by atoms with Crippen LogP contribution in [0.3, 0.4) is 0 Å². The molecule has 136 valence electrons. The average molecular weight is 361 g/mol. The highest BCUT2D eigenvalue weighted by Gasteiger charge is 2.53. The van der Waals surface area contributed by atoms with Crippen LogP contribution in [-0.4, -0.2) is 32.5 Å². The number of aromatic nitrogens is 3. The molecule has 1 aromatic rings. The second kappa shape index (κ2) is 6.00. The smallest absolute Gasteiger partial charge is 0.230 e. The number of hydrogen-bond acceptors (Lipinski definition) is 4. The van der Waals surface area contributed by atoms with Crippen molar-refractivity contribution in [1.82, 2.24) is 20.1 Å². The average Bonchev–Trinajstić information content (AvgIpc) is 3.30. The fourth-order valence-corrected chi connectivity index (χ4v) is 7.01. The van der Waals surface area contributed by atoms with Gasteiger partial charge in [0.2, 0.25) is 5.91 Å². The Balaban J connectivity index is 1.19. The molecule has 0 aromatic carbocycles. The van der Waals surface area contributed by atoms with Gasteiger partial charge in [-0.15, -0.1) is 10.2 Å². The van der Waals surface area contributed by atoms with Crippen LogP contribution in [0.25, 0.3) is 0 Å². The van der Waals surface area contributed by atoms with E-state index >= 15 is 0 Å². The molecule has 5 saturated carbocycles. The largest absolute Gasteiger partial charge is 0.352 e. The molecule has 1 N–H and O–H groups in total. The third-order valence-corrected chi connectivity index (χ3v) is 8.15. The Morgan fingerprint density at radius 2 is 1.92 bits per heavy atom. The first-order valence-corrected chi connectivity index (χ1v) is 10.9. The maximum absolute atomic E-state index is 12.5. The summed E-state index contributed by atoms with van der Waals surface area (Å²) in [4.78, 5) is 12.5. The summed E-state index contributed by atoms with van der Waals surface area (Å²) in [6, 6.07) is 0.863. The van der Waals surface area contributed by atoms with Gasteiger partial charge < -0.3 is 9.88 Å². The monoisotopic (exact) mass is 360 g/mol. The van der Waals surface area contributed by atoms with Gasteiger partial charge in [-0.3, -0.25) is 4.79 Å². The molecule has 6 heteroatoms. The number of nitrogens with zero attached hydrogens (tertiary/aromatic N) is 3. The lowest BCUT2D eigenvalue weighted by Crippen LogP contribution is -2.56. The number of thioether (sulfide) groups is 1. The van der Waals surface area contributed by atoms with Crippen LogP contribution in [0.15, 0.2) is 11.5 Å². The predicted octanol–water partition coefficient (Wildman–Crippen LogP) is 3.43.